The van der Waals surface area contributed by atoms with E-state index in [0.717, 1.165) is 49.2 Å². The van der Waals surface area contributed by atoms with E-state index in [1.807, 2.05) is 26.0 Å². The molecule has 2 aromatic heterocycles. The molecule has 1 saturated heterocycles. The SMILES string of the molecule is Cc1cc(C)nc(NC2CCN(c3ncccn3)CC2)n1. The van der Waals surface area contributed by atoms with Gasteiger partial charge in [0.25, 0.3) is 0 Å². The smallest absolute Gasteiger partial charge is 0.225 e. The Hall–Kier alpha value is -2.24. The van der Waals surface area contributed by atoms with Gasteiger partial charge in [-0.05, 0) is 38.8 Å². The largest absolute Gasteiger partial charge is 0.351 e. The standard InChI is InChI=1S/C15H20N6/c1-11-10-12(2)19-14(18-11)20-13-4-8-21(9-5-13)15-16-6-3-7-17-15/h3,6-7,10,13H,4-5,8-9H2,1-2H3,(H,18,19,20). The second kappa shape index (κ2) is 6.03. The van der Waals surface area contributed by atoms with Crippen LogP contribution >= 0.6 is 0 Å². The van der Waals surface area contributed by atoms with Crippen molar-refractivity contribution >= 4 is 11.9 Å². The van der Waals surface area contributed by atoms with Crippen LogP contribution in [0.4, 0.5) is 11.9 Å². The molecule has 0 bridgehead atoms. The van der Waals surface area contributed by atoms with Gasteiger partial charge in [0.05, 0.1) is 0 Å². The Morgan fingerprint density at radius 3 is 2.29 bits per heavy atom. The first-order chi connectivity index (χ1) is 10.2. The monoisotopic (exact) mass is 284 g/mol. The van der Waals surface area contributed by atoms with Gasteiger partial charge in [-0.2, -0.15) is 0 Å². The third-order valence-corrected chi connectivity index (χ3v) is 3.65. The Morgan fingerprint density at radius 2 is 1.67 bits per heavy atom. The van der Waals surface area contributed by atoms with E-state index in [4.69, 9.17) is 0 Å². The van der Waals surface area contributed by atoms with Gasteiger partial charge >= 0.3 is 0 Å². The predicted molar refractivity (Wildman–Crippen MR) is 82.4 cm³/mol. The van der Waals surface area contributed by atoms with Gasteiger partial charge in [0.15, 0.2) is 0 Å². The van der Waals surface area contributed by atoms with E-state index in [-0.39, 0.29) is 0 Å². The number of nitrogens with one attached hydrogen (secondary N) is 1. The van der Waals surface area contributed by atoms with Crippen LogP contribution in [0.5, 0.6) is 0 Å². The normalized spacial score (nSPS) is 16.0. The Bertz CT molecular complexity index is 572. The van der Waals surface area contributed by atoms with Crippen LogP contribution in [0.2, 0.25) is 0 Å². The first-order valence-corrected chi connectivity index (χ1v) is 7.31. The van der Waals surface area contributed by atoms with Crippen molar-refractivity contribution in [3.63, 3.8) is 0 Å². The van der Waals surface area contributed by atoms with E-state index < -0.39 is 0 Å². The molecule has 0 unspecified atom stereocenters. The number of nitrogens with zero attached hydrogens (tertiary/aromatic N) is 5. The Balaban J connectivity index is 1.58. The molecule has 1 fully saturated rings. The molecule has 0 radical (unpaired) electrons. The summed E-state index contributed by atoms with van der Waals surface area (Å²) in [7, 11) is 0. The first-order valence-electron chi connectivity index (χ1n) is 7.31. The highest BCUT2D eigenvalue weighted by Gasteiger charge is 2.21. The minimum atomic E-state index is 0.408. The molecule has 6 nitrogen and oxygen atoms in total. The first kappa shape index (κ1) is 13.7. The van der Waals surface area contributed by atoms with Crippen LogP contribution in [0.15, 0.2) is 24.5 Å². The van der Waals surface area contributed by atoms with Crippen molar-refractivity contribution in [2.45, 2.75) is 32.7 Å². The van der Waals surface area contributed by atoms with E-state index in [0.29, 0.717) is 6.04 Å². The lowest BCUT2D eigenvalue weighted by Crippen LogP contribution is -2.40. The van der Waals surface area contributed by atoms with Crippen LogP contribution in [0.3, 0.4) is 0 Å². The zero-order chi connectivity index (χ0) is 14.7. The summed E-state index contributed by atoms with van der Waals surface area (Å²) in [6.07, 6.45) is 5.65. The van der Waals surface area contributed by atoms with Crippen LogP contribution in [0, 0.1) is 13.8 Å². The summed E-state index contributed by atoms with van der Waals surface area (Å²) in [4.78, 5) is 19.7. The van der Waals surface area contributed by atoms with Crippen LogP contribution in [-0.4, -0.2) is 39.1 Å². The highest BCUT2D eigenvalue weighted by Crippen LogP contribution is 2.18. The molecule has 6 heteroatoms. The minimum absolute atomic E-state index is 0.408. The van der Waals surface area contributed by atoms with Crippen LogP contribution < -0.4 is 10.2 Å². The number of anilines is 2. The Morgan fingerprint density at radius 1 is 1.05 bits per heavy atom. The molecule has 0 saturated carbocycles. The molecule has 0 spiro atoms. The second-order valence-corrected chi connectivity index (χ2v) is 5.43. The van der Waals surface area contributed by atoms with Gasteiger partial charge in [0.1, 0.15) is 0 Å². The van der Waals surface area contributed by atoms with Gasteiger partial charge in [-0.25, -0.2) is 19.9 Å². The molecule has 0 atom stereocenters. The van der Waals surface area contributed by atoms with Crippen molar-refractivity contribution < 1.29 is 0 Å². The lowest BCUT2D eigenvalue weighted by molar-refractivity contribution is 0.517. The summed E-state index contributed by atoms with van der Waals surface area (Å²) < 4.78 is 0. The van der Waals surface area contributed by atoms with E-state index in [1.165, 1.54) is 0 Å². The highest BCUT2D eigenvalue weighted by atomic mass is 15.3. The van der Waals surface area contributed by atoms with Crippen molar-refractivity contribution in [3.05, 3.63) is 35.9 Å². The lowest BCUT2D eigenvalue weighted by atomic mass is 10.1. The van der Waals surface area contributed by atoms with Gasteiger partial charge in [0, 0.05) is 42.9 Å². The highest BCUT2D eigenvalue weighted by molar-refractivity contribution is 5.33. The van der Waals surface area contributed by atoms with Crippen LogP contribution in [0.25, 0.3) is 0 Å². The van der Waals surface area contributed by atoms with Crippen LogP contribution in [-0.2, 0) is 0 Å². The fourth-order valence-electron chi connectivity index (χ4n) is 2.65. The average molecular weight is 284 g/mol. The topological polar surface area (TPSA) is 66.8 Å². The maximum Gasteiger partial charge on any atom is 0.225 e. The molecular formula is C15H20N6. The third-order valence-electron chi connectivity index (χ3n) is 3.65. The molecule has 0 aliphatic carbocycles. The summed E-state index contributed by atoms with van der Waals surface area (Å²) in [5.41, 5.74) is 2.00. The van der Waals surface area contributed by atoms with Crippen LogP contribution in [0.1, 0.15) is 24.2 Å². The van der Waals surface area contributed by atoms with E-state index in [9.17, 15) is 0 Å². The fourth-order valence-corrected chi connectivity index (χ4v) is 2.65. The van der Waals surface area contributed by atoms with E-state index in [1.54, 1.807) is 12.4 Å². The van der Waals surface area contributed by atoms with Gasteiger partial charge in [-0.1, -0.05) is 0 Å². The molecule has 1 aliphatic rings. The zero-order valence-corrected chi connectivity index (χ0v) is 12.5. The zero-order valence-electron chi connectivity index (χ0n) is 12.5. The van der Waals surface area contributed by atoms with Crippen molar-refractivity contribution in [3.8, 4) is 0 Å². The number of aryl methyl sites for hydroxylation is 2. The number of aromatic nitrogens is 4. The number of rotatable bonds is 3. The minimum Gasteiger partial charge on any atom is -0.351 e. The lowest BCUT2D eigenvalue weighted by Gasteiger charge is -2.32. The molecule has 1 N–H and O–H groups in total. The molecule has 1 aliphatic heterocycles. The summed E-state index contributed by atoms with van der Waals surface area (Å²) in [5, 5.41) is 3.44. The summed E-state index contributed by atoms with van der Waals surface area (Å²) in [6, 6.07) is 4.24. The van der Waals surface area contributed by atoms with E-state index >= 15 is 0 Å². The molecule has 21 heavy (non-hydrogen) atoms. The summed E-state index contributed by atoms with van der Waals surface area (Å²) >= 11 is 0. The molecule has 2 aromatic rings. The molecule has 3 rings (SSSR count). The molecule has 0 amide bonds. The van der Waals surface area contributed by atoms with E-state index in [2.05, 4.69) is 30.2 Å². The second-order valence-electron chi connectivity index (χ2n) is 5.43. The Labute approximate surface area is 124 Å². The predicted octanol–water partition coefficient (Wildman–Crippen LogP) is 1.96. The molecule has 3 heterocycles. The third kappa shape index (κ3) is 3.45. The summed E-state index contributed by atoms with van der Waals surface area (Å²) in [6.45, 7) is 5.89. The van der Waals surface area contributed by atoms with Crippen molar-refractivity contribution in [1.82, 2.24) is 19.9 Å². The van der Waals surface area contributed by atoms with Gasteiger partial charge in [-0.15, -0.1) is 0 Å². The van der Waals surface area contributed by atoms with Gasteiger partial charge < -0.3 is 10.2 Å². The molecule has 110 valence electrons. The number of piperidine rings is 1. The van der Waals surface area contributed by atoms with Gasteiger partial charge in [-0.3, -0.25) is 0 Å². The average Bonchev–Trinajstić information content (AvgIpc) is 2.48. The maximum atomic E-state index is 4.44. The number of hydrogen-bond acceptors (Lipinski definition) is 6. The van der Waals surface area contributed by atoms with Crippen molar-refractivity contribution in [2.24, 2.45) is 0 Å². The Kier molecular flexibility index (Phi) is 3.94. The molecule has 0 aromatic carbocycles. The fraction of sp³-hybridized carbons (Fsp3) is 0.467. The quantitative estimate of drug-likeness (QED) is 0.929. The van der Waals surface area contributed by atoms with Crippen molar-refractivity contribution in [1.29, 1.82) is 0 Å². The summed E-state index contributed by atoms with van der Waals surface area (Å²) in [5.74, 6) is 1.56. The van der Waals surface area contributed by atoms with Gasteiger partial charge in [0.2, 0.25) is 11.9 Å². The van der Waals surface area contributed by atoms with Crippen molar-refractivity contribution in [2.75, 3.05) is 23.3 Å². The number of hydrogen-bond donors (Lipinski definition) is 1. The maximum absolute atomic E-state index is 4.44. The molecular weight excluding hydrogens is 264 g/mol.